The number of benzene rings is 1. The first-order valence-electron chi connectivity index (χ1n) is 6.13. The van der Waals surface area contributed by atoms with Gasteiger partial charge in [-0.2, -0.15) is 0 Å². The molecule has 0 aliphatic rings. The van der Waals surface area contributed by atoms with E-state index in [1.807, 2.05) is 13.8 Å². The molecule has 2 atom stereocenters. The first kappa shape index (κ1) is 15.5. The van der Waals surface area contributed by atoms with Gasteiger partial charge in [0, 0.05) is 10.6 Å². The van der Waals surface area contributed by atoms with Gasteiger partial charge >= 0.3 is 5.97 Å². The summed E-state index contributed by atoms with van der Waals surface area (Å²) in [5.74, 6) is -0.779. The molecule has 0 aliphatic heterocycles. The van der Waals surface area contributed by atoms with Crippen LogP contribution in [-0.4, -0.2) is 25.0 Å². The Balaban J connectivity index is 2.84. The zero-order valence-electron chi connectivity index (χ0n) is 11.3. The van der Waals surface area contributed by atoms with Crippen molar-refractivity contribution in [2.45, 2.75) is 26.3 Å². The lowest BCUT2D eigenvalue weighted by Crippen LogP contribution is -2.45. The molecule has 4 nitrogen and oxygen atoms in total. The number of nitrogens with one attached hydrogen (secondary N) is 1. The highest BCUT2D eigenvalue weighted by Gasteiger charge is 2.26. The Morgan fingerprint density at radius 1 is 1.42 bits per heavy atom. The molecule has 0 heterocycles. The molecule has 1 amide bonds. The van der Waals surface area contributed by atoms with Crippen molar-refractivity contribution >= 4 is 23.5 Å². The van der Waals surface area contributed by atoms with Crippen molar-refractivity contribution in [2.24, 2.45) is 5.92 Å². The average Bonchev–Trinajstić information content (AvgIpc) is 2.42. The second-order valence-electron chi connectivity index (χ2n) is 4.37. The molecule has 1 N–H and O–H groups in total. The van der Waals surface area contributed by atoms with Gasteiger partial charge in [0.1, 0.15) is 6.04 Å². The molecule has 0 aliphatic carbocycles. The molecule has 19 heavy (non-hydrogen) atoms. The normalized spacial score (nSPS) is 13.5. The van der Waals surface area contributed by atoms with E-state index < -0.39 is 12.0 Å². The number of ether oxygens (including phenoxy) is 1. The molecule has 0 saturated carbocycles. The average molecular weight is 284 g/mol. The van der Waals surface area contributed by atoms with E-state index in [9.17, 15) is 9.59 Å². The van der Waals surface area contributed by atoms with E-state index in [-0.39, 0.29) is 11.8 Å². The minimum Gasteiger partial charge on any atom is -0.467 e. The van der Waals surface area contributed by atoms with Gasteiger partial charge in [0.2, 0.25) is 0 Å². The van der Waals surface area contributed by atoms with Crippen LogP contribution in [-0.2, 0) is 9.53 Å². The molecular formula is C14H18ClNO3. The summed E-state index contributed by atoms with van der Waals surface area (Å²) in [4.78, 5) is 23.8. The first-order valence-corrected chi connectivity index (χ1v) is 6.51. The summed E-state index contributed by atoms with van der Waals surface area (Å²) in [5.41, 5.74) is 0.421. The van der Waals surface area contributed by atoms with E-state index in [2.05, 4.69) is 5.32 Å². The maximum atomic E-state index is 12.1. The second-order valence-corrected chi connectivity index (χ2v) is 4.81. The molecule has 0 aromatic heterocycles. The van der Waals surface area contributed by atoms with Crippen LogP contribution in [0.1, 0.15) is 30.6 Å². The largest absolute Gasteiger partial charge is 0.467 e. The minimum absolute atomic E-state index is 0.00409. The fourth-order valence-electron chi connectivity index (χ4n) is 1.65. The van der Waals surface area contributed by atoms with Crippen LogP contribution in [0.25, 0.3) is 0 Å². The van der Waals surface area contributed by atoms with Gasteiger partial charge in [-0.25, -0.2) is 4.79 Å². The number of carbonyl (C=O) groups excluding carboxylic acids is 2. The molecule has 0 radical (unpaired) electrons. The molecule has 1 rings (SSSR count). The number of hydrogen-bond acceptors (Lipinski definition) is 3. The molecule has 0 fully saturated rings. The van der Waals surface area contributed by atoms with Crippen molar-refractivity contribution in [2.75, 3.05) is 7.11 Å². The third-order valence-electron chi connectivity index (χ3n) is 3.04. The van der Waals surface area contributed by atoms with E-state index in [1.165, 1.54) is 7.11 Å². The fraction of sp³-hybridized carbons (Fsp3) is 0.429. The summed E-state index contributed by atoms with van der Waals surface area (Å²) in [7, 11) is 1.31. The van der Waals surface area contributed by atoms with Gasteiger partial charge in [0.25, 0.3) is 5.91 Å². The van der Waals surface area contributed by atoms with Crippen LogP contribution in [0.4, 0.5) is 0 Å². The standard InChI is InChI=1S/C14H18ClNO3/c1-4-9(2)12(14(18)19-3)16-13(17)10-6-5-7-11(15)8-10/h5-9,12H,4H2,1-3H3,(H,16,17)/t9-,12+/m1/s1. The molecule has 1 aromatic carbocycles. The zero-order chi connectivity index (χ0) is 14.4. The Morgan fingerprint density at radius 3 is 2.63 bits per heavy atom. The fourth-order valence-corrected chi connectivity index (χ4v) is 1.84. The Bertz CT molecular complexity index is 462. The number of rotatable bonds is 5. The maximum absolute atomic E-state index is 12.1. The topological polar surface area (TPSA) is 55.4 Å². The van der Waals surface area contributed by atoms with Gasteiger partial charge in [-0.15, -0.1) is 0 Å². The number of hydrogen-bond donors (Lipinski definition) is 1. The van der Waals surface area contributed by atoms with Crippen molar-refractivity contribution in [1.82, 2.24) is 5.32 Å². The SMILES string of the molecule is CC[C@@H](C)[C@H](NC(=O)c1cccc(Cl)c1)C(=O)OC. The monoisotopic (exact) mass is 283 g/mol. The highest BCUT2D eigenvalue weighted by atomic mass is 35.5. The molecule has 1 aromatic rings. The van der Waals surface area contributed by atoms with Gasteiger partial charge in [0.15, 0.2) is 0 Å². The van der Waals surface area contributed by atoms with Gasteiger partial charge in [-0.05, 0) is 24.1 Å². The van der Waals surface area contributed by atoms with E-state index in [0.717, 1.165) is 6.42 Å². The summed E-state index contributed by atoms with van der Waals surface area (Å²) in [5, 5.41) is 3.17. The lowest BCUT2D eigenvalue weighted by molar-refractivity contribution is -0.144. The Hall–Kier alpha value is -1.55. The molecule has 0 unspecified atom stereocenters. The molecule has 0 saturated heterocycles. The van der Waals surface area contributed by atoms with Crippen molar-refractivity contribution in [3.05, 3.63) is 34.9 Å². The lowest BCUT2D eigenvalue weighted by atomic mass is 9.99. The Kier molecular flexibility index (Phi) is 5.83. The molecule has 0 bridgehead atoms. The van der Waals surface area contributed by atoms with E-state index in [1.54, 1.807) is 24.3 Å². The van der Waals surface area contributed by atoms with Gasteiger partial charge < -0.3 is 10.1 Å². The number of halogens is 1. The summed E-state index contributed by atoms with van der Waals surface area (Å²) < 4.78 is 4.72. The van der Waals surface area contributed by atoms with Crippen LogP contribution in [0, 0.1) is 5.92 Å². The second kappa shape index (κ2) is 7.14. The summed E-state index contributed by atoms with van der Waals surface area (Å²) in [6.45, 7) is 3.84. The molecular weight excluding hydrogens is 266 g/mol. The lowest BCUT2D eigenvalue weighted by Gasteiger charge is -2.21. The van der Waals surface area contributed by atoms with E-state index in [0.29, 0.717) is 10.6 Å². The number of methoxy groups -OCH3 is 1. The Labute approximate surface area is 118 Å². The first-order chi connectivity index (χ1) is 8.99. The van der Waals surface area contributed by atoms with Gasteiger partial charge in [-0.3, -0.25) is 4.79 Å². The van der Waals surface area contributed by atoms with Crippen LogP contribution in [0.5, 0.6) is 0 Å². The van der Waals surface area contributed by atoms with Crippen LogP contribution in [0.2, 0.25) is 5.02 Å². The Morgan fingerprint density at radius 2 is 2.11 bits per heavy atom. The smallest absolute Gasteiger partial charge is 0.328 e. The van der Waals surface area contributed by atoms with Crippen LogP contribution in [0.3, 0.4) is 0 Å². The minimum atomic E-state index is -0.651. The van der Waals surface area contributed by atoms with E-state index in [4.69, 9.17) is 16.3 Å². The number of carbonyl (C=O) groups is 2. The van der Waals surface area contributed by atoms with E-state index >= 15 is 0 Å². The summed E-state index contributed by atoms with van der Waals surface area (Å²) >= 11 is 5.83. The van der Waals surface area contributed by atoms with Crippen molar-refractivity contribution in [1.29, 1.82) is 0 Å². The molecule has 104 valence electrons. The van der Waals surface area contributed by atoms with Crippen molar-refractivity contribution in [3.8, 4) is 0 Å². The van der Waals surface area contributed by atoms with Crippen molar-refractivity contribution < 1.29 is 14.3 Å². The highest BCUT2D eigenvalue weighted by molar-refractivity contribution is 6.30. The van der Waals surface area contributed by atoms with Crippen LogP contribution >= 0.6 is 11.6 Å². The zero-order valence-corrected chi connectivity index (χ0v) is 12.0. The van der Waals surface area contributed by atoms with Crippen molar-refractivity contribution in [3.63, 3.8) is 0 Å². The quantitative estimate of drug-likeness (QED) is 0.845. The summed E-state index contributed by atoms with van der Waals surface area (Å²) in [6, 6.07) is 5.92. The predicted molar refractivity (Wildman–Crippen MR) is 74.2 cm³/mol. The third kappa shape index (κ3) is 4.24. The predicted octanol–water partition coefficient (Wildman–Crippen LogP) is 2.66. The maximum Gasteiger partial charge on any atom is 0.328 e. The number of amides is 1. The highest BCUT2D eigenvalue weighted by Crippen LogP contribution is 2.13. The third-order valence-corrected chi connectivity index (χ3v) is 3.28. The summed E-state index contributed by atoms with van der Waals surface area (Å²) in [6.07, 6.45) is 0.760. The van der Waals surface area contributed by atoms with Gasteiger partial charge in [0.05, 0.1) is 7.11 Å². The molecule has 0 spiro atoms. The van der Waals surface area contributed by atoms with Crippen LogP contribution < -0.4 is 5.32 Å². The van der Waals surface area contributed by atoms with Crippen LogP contribution in [0.15, 0.2) is 24.3 Å². The number of esters is 1. The van der Waals surface area contributed by atoms with Gasteiger partial charge in [-0.1, -0.05) is 37.9 Å². The molecule has 5 heteroatoms.